The van der Waals surface area contributed by atoms with Gasteiger partial charge in [-0.3, -0.25) is 0 Å². The first-order valence-corrected chi connectivity index (χ1v) is 6.17. The lowest BCUT2D eigenvalue weighted by atomic mass is 10.0. The molecule has 20 heavy (non-hydrogen) atoms. The van der Waals surface area contributed by atoms with Gasteiger partial charge in [-0.05, 0) is 24.2 Å². The highest BCUT2D eigenvalue weighted by Crippen LogP contribution is 2.28. The van der Waals surface area contributed by atoms with Crippen LogP contribution in [0.1, 0.15) is 12.5 Å². The van der Waals surface area contributed by atoms with E-state index in [9.17, 15) is 17.6 Å². The summed E-state index contributed by atoms with van der Waals surface area (Å²) in [5, 5.41) is 2.93. The van der Waals surface area contributed by atoms with E-state index in [-0.39, 0.29) is 17.7 Å². The molecule has 0 aliphatic rings. The number of nitrogens with one attached hydrogen (secondary N) is 1. The fourth-order valence-corrected chi connectivity index (χ4v) is 1.94. The molecule has 2 aromatic carbocycles. The van der Waals surface area contributed by atoms with Crippen LogP contribution in [0.25, 0.3) is 11.1 Å². The van der Waals surface area contributed by atoms with E-state index in [0.717, 1.165) is 6.07 Å². The Labute approximate surface area is 114 Å². The molecule has 0 unspecified atom stereocenters. The molecule has 0 aromatic heterocycles. The van der Waals surface area contributed by atoms with Crippen LogP contribution in [0.15, 0.2) is 30.3 Å². The van der Waals surface area contributed by atoms with Crippen LogP contribution in [0.2, 0.25) is 0 Å². The van der Waals surface area contributed by atoms with Gasteiger partial charge in [-0.25, -0.2) is 17.6 Å². The summed E-state index contributed by atoms with van der Waals surface area (Å²) in [5.41, 5.74) is 0.117. The second-order valence-electron chi connectivity index (χ2n) is 4.33. The van der Waals surface area contributed by atoms with Gasteiger partial charge in [0.05, 0.1) is 5.56 Å². The summed E-state index contributed by atoms with van der Waals surface area (Å²) < 4.78 is 53.9. The van der Waals surface area contributed by atoms with Gasteiger partial charge in [-0.2, -0.15) is 0 Å². The highest BCUT2D eigenvalue weighted by Gasteiger charge is 2.15. The third-order valence-corrected chi connectivity index (χ3v) is 2.91. The molecule has 0 fully saturated rings. The van der Waals surface area contributed by atoms with E-state index in [4.69, 9.17) is 0 Å². The molecule has 0 atom stereocenters. The van der Waals surface area contributed by atoms with Gasteiger partial charge in [0.15, 0.2) is 0 Å². The number of benzene rings is 2. The smallest absolute Gasteiger partial charge is 0.136 e. The maximum atomic E-state index is 13.7. The van der Waals surface area contributed by atoms with Crippen molar-refractivity contribution >= 4 is 0 Å². The van der Waals surface area contributed by atoms with Gasteiger partial charge >= 0.3 is 0 Å². The van der Waals surface area contributed by atoms with Crippen molar-refractivity contribution in [1.29, 1.82) is 0 Å². The number of halogens is 4. The summed E-state index contributed by atoms with van der Waals surface area (Å²) >= 11 is 0. The molecule has 5 heteroatoms. The van der Waals surface area contributed by atoms with Crippen molar-refractivity contribution in [3.05, 3.63) is 59.2 Å². The average molecular weight is 283 g/mol. The van der Waals surface area contributed by atoms with Crippen LogP contribution >= 0.6 is 0 Å². The second kappa shape index (κ2) is 6.05. The monoisotopic (exact) mass is 283 g/mol. The lowest BCUT2D eigenvalue weighted by Crippen LogP contribution is -2.13. The molecular weight excluding hydrogens is 270 g/mol. The van der Waals surface area contributed by atoms with Crippen molar-refractivity contribution < 1.29 is 17.6 Å². The second-order valence-corrected chi connectivity index (χ2v) is 4.33. The Balaban J connectivity index is 2.48. The normalized spacial score (nSPS) is 10.8. The zero-order chi connectivity index (χ0) is 14.7. The van der Waals surface area contributed by atoms with E-state index in [1.807, 2.05) is 6.92 Å². The number of rotatable bonds is 4. The minimum absolute atomic E-state index is 0.175. The summed E-state index contributed by atoms with van der Waals surface area (Å²) in [7, 11) is 0. The van der Waals surface area contributed by atoms with E-state index >= 15 is 0 Å². The van der Waals surface area contributed by atoms with Crippen molar-refractivity contribution in [2.75, 3.05) is 6.54 Å². The van der Waals surface area contributed by atoms with E-state index in [0.29, 0.717) is 24.2 Å². The molecule has 0 radical (unpaired) electrons. The quantitative estimate of drug-likeness (QED) is 0.836. The van der Waals surface area contributed by atoms with Gasteiger partial charge in [0, 0.05) is 24.2 Å². The predicted octanol–water partition coefficient (Wildman–Crippen LogP) is 4.02. The molecule has 0 saturated heterocycles. The van der Waals surface area contributed by atoms with E-state index in [1.165, 1.54) is 12.1 Å². The van der Waals surface area contributed by atoms with Gasteiger partial charge < -0.3 is 5.32 Å². The van der Waals surface area contributed by atoms with E-state index in [2.05, 4.69) is 5.32 Å². The fraction of sp³-hybridized carbons (Fsp3) is 0.200. The van der Waals surface area contributed by atoms with Crippen LogP contribution in [-0.2, 0) is 6.54 Å². The zero-order valence-corrected chi connectivity index (χ0v) is 10.8. The summed E-state index contributed by atoms with van der Waals surface area (Å²) in [6.07, 6.45) is 0. The molecule has 0 spiro atoms. The van der Waals surface area contributed by atoms with E-state index in [1.54, 1.807) is 0 Å². The number of hydrogen-bond acceptors (Lipinski definition) is 1. The van der Waals surface area contributed by atoms with Crippen LogP contribution in [0.5, 0.6) is 0 Å². The third kappa shape index (κ3) is 2.99. The summed E-state index contributed by atoms with van der Waals surface area (Å²) in [6, 6.07) is 4.98. The fourth-order valence-electron chi connectivity index (χ4n) is 1.94. The molecule has 1 N–H and O–H groups in total. The molecule has 0 heterocycles. The third-order valence-electron chi connectivity index (χ3n) is 2.91. The first-order valence-electron chi connectivity index (χ1n) is 6.17. The zero-order valence-electron chi connectivity index (χ0n) is 10.8. The first-order chi connectivity index (χ1) is 9.52. The Bertz CT molecular complexity index is 602. The largest absolute Gasteiger partial charge is 0.313 e. The first kappa shape index (κ1) is 14.5. The van der Waals surface area contributed by atoms with Crippen LogP contribution in [0.3, 0.4) is 0 Å². The molecule has 0 amide bonds. The van der Waals surface area contributed by atoms with Crippen molar-refractivity contribution in [3.8, 4) is 11.1 Å². The molecular formula is C15H13F4N. The van der Waals surface area contributed by atoms with E-state index < -0.39 is 23.3 Å². The molecule has 0 aliphatic carbocycles. The molecule has 1 nitrogen and oxygen atoms in total. The highest BCUT2D eigenvalue weighted by molar-refractivity contribution is 5.65. The minimum Gasteiger partial charge on any atom is -0.313 e. The Kier molecular flexibility index (Phi) is 4.39. The van der Waals surface area contributed by atoms with Crippen molar-refractivity contribution in [2.45, 2.75) is 13.5 Å². The van der Waals surface area contributed by atoms with Gasteiger partial charge in [0.25, 0.3) is 0 Å². The van der Waals surface area contributed by atoms with Crippen molar-refractivity contribution in [2.24, 2.45) is 0 Å². The maximum Gasteiger partial charge on any atom is 0.136 e. The van der Waals surface area contributed by atoms with Gasteiger partial charge in [0.2, 0.25) is 0 Å². The molecule has 2 aromatic rings. The Morgan fingerprint density at radius 3 is 2.15 bits per heavy atom. The topological polar surface area (TPSA) is 12.0 Å². The molecule has 0 bridgehead atoms. The van der Waals surface area contributed by atoms with Crippen LogP contribution in [-0.4, -0.2) is 6.54 Å². The van der Waals surface area contributed by atoms with Gasteiger partial charge in [0.1, 0.15) is 23.3 Å². The number of hydrogen-bond donors (Lipinski definition) is 1. The molecule has 0 saturated carbocycles. The minimum atomic E-state index is -1.01. The predicted molar refractivity (Wildman–Crippen MR) is 69.1 cm³/mol. The standard InChI is InChI=1S/C15H13F4N/c1-2-20-8-10-5-9(3-4-12(10)17)15-13(18)6-11(16)7-14(15)19/h3-7,20H,2,8H2,1H3. The summed E-state index contributed by atoms with van der Waals surface area (Å²) in [5.74, 6) is -3.47. The Morgan fingerprint density at radius 1 is 0.900 bits per heavy atom. The highest BCUT2D eigenvalue weighted by atomic mass is 19.1. The van der Waals surface area contributed by atoms with Crippen LogP contribution < -0.4 is 5.32 Å². The Hall–Kier alpha value is -1.88. The van der Waals surface area contributed by atoms with Gasteiger partial charge in [-0.1, -0.05) is 13.0 Å². The summed E-state index contributed by atoms with van der Waals surface area (Å²) in [4.78, 5) is 0. The molecule has 0 aliphatic heterocycles. The SMILES string of the molecule is CCNCc1cc(-c2c(F)cc(F)cc2F)ccc1F. The van der Waals surface area contributed by atoms with Gasteiger partial charge in [-0.15, -0.1) is 0 Å². The van der Waals surface area contributed by atoms with Crippen LogP contribution in [0.4, 0.5) is 17.6 Å². The van der Waals surface area contributed by atoms with Crippen molar-refractivity contribution in [1.82, 2.24) is 5.32 Å². The molecule has 106 valence electrons. The Morgan fingerprint density at radius 2 is 1.55 bits per heavy atom. The van der Waals surface area contributed by atoms with Crippen LogP contribution in [0, 0.1) is 23.3 Å². The lowest BCUT2D eigenvalue weighted by Gasteiger charge is -2.09. The maximum absolute atomic E-state index is 13.7. The average Bonchev–Trinajstić information content (AvgIpc) is 2.38. The molecule has 2 rings (SSSR count). The lowest BCUT2D eigenvalue weighted by molar-refractivity contribution is 0.547. The summed E-state index contributed by atoms with van der Waals surface area (Å²) in [6.45, 7) is 2.75. The van der Waals surface area contributed by atoms with Crippen molar-refractivity contribution in [3.63, 3.8) is 0 Å².